The summed E-state index contributed by atoms with van der Waals surface area (Å²) < 4.78 is 5.27. The molecule has 0 spiro atoms. The number of amides is 2. The minimum Gasteiger partial charge on any atom is -0.496 e. The summed E-state index contributed by atoms with van der Waals surface area (Å²) >= 11 is 6.03. The maximum atomic E-state index is 12.6. The lowest BCUT2D eigenvalue weighted by molar-refractivity contribution is 0.0956. The van der Waals surface area contributed by atoms with Gasteiger partial charge >= 0.3 is 0 Å². The van der Waals surface area contributed by atoms with Crippen molar-refractivity contribution in [3.8, 4) is 5.75 Å². The number of allylic oxidation sites excluding steroid dienone is 1. The molecule has 0 atom stereocenters. The van der Waals surface area contributed by atoms with Gasteiger partial charge < -0.3 is 10.1 Å². The molecule has 0 radical (unpaired) electrons. The van der Waals surface area contributed by atoms with E-state index in [1.165, 1.54) is 24.7 Å². The maximum absolute atomic E-state index is 12.6. The molecule has 0 fully saturated rings. The smallest absolute Gasteiger partial charge is 0.273 e. The van der Waals surface area contributed by atoms with E-state index in [1.807, 2.05) is 24.3 Å². The molecule has 2 N–H and O–H groups in total. The van der Waals surface area contributed by atoms with Crippen molar-refractivity contribution in [3.63, 3.8) is 0 Å². The molecule has 156 valence electrons. The zero-order chi connectivity index (χ0) is 22.1. The fourth-order valence-corrected chi connectivity index (χ4v) is 2.83. The van der Waals surface area contributed by atoms with Crippen molar-refractivity contribution in [2.75, 3.05) is 12.4 Å². The number of hydrogen-bond acceptors (Lipinski definition) is 5. The Morgan fingerprint density at radius 2 is 1.84 bits per heavy atom. The largest absolute Gasteiger partial charge is 0.496 e. The molecule has 0 aliphatic carbocycles. The second-order valence-corrected chi connectivity index (χ2v) is 6.64. The van der Waals surface area contributed by atoms with E-state index in [4.69, 9.17) is 16.3 Å². The first-order chi connectivity index (χ1) is 15.1. The van der Waals surface area contributed by atoms with Crippen molar-refractivity contribution < 1.29 is 14.3 Å². The first kappa shape index (κ1) is 21.7. The molecule has 3 rings (SSSR count). The number of hydrazone groups is 1. The zero-order valence-corrected chi connectivity index (χ0v) is 17.3. The number of rotatable bonds is 7. The Morgan fingerprint density at radius 1 is 1.06 bits per heavy atom. The standard InChI is InChI=1S/C23H19ClN4O3/c1-31-21-7-3-2-5-16(21)6-4-12-26-28-23(30)19-15-18(24)8-9-20(19)27-22(29)17-10-13-25-14-11-17/h2-15H,1H3,(H,27,29)(H,28,30). The second kappa shape index (κ2) is 10.7. The van der Waals surface area contributed by atoms with Gasteiger partial charge in [-0.3, -0.25) is 14.6 Å². The van der Waals surface area contributed by atoms with Crippen molar-refractivity contribution in [2.45, 2.75) is 0 Å². The first-order valence-electron chi connectivity index (χ1n) is 9.22. The molecular formula is C23H19ClN4O3. The quantitative estimate of drug-likeness (QED) is 0.425. The molecule has 31 heavy (non-hydrogen) atoms. The van der Waals surface area contributed by atoms with Crippen LogP contribution in [0.5, 0.6) is 5.75 Å². The Balaban J connectivity index is 1.68. The third kappa shape index (κ3) is 6.01. The third-order valence-electron chi connectivity index (χ3n) is 4.16. The van der Waals surface area contributed by atoms with E-state index < -0.39 is 5.91 Å². The molecule has 0 aliphatic rings. The number of pyridine rings is 1. The Labute approximate surface area is 184 Å². The number of carbonyl (C=O) groups is 2. The molecule has 0 unspecified atom stereocenters. The lowest BCUT2D eigenvalue weighted by Crippen LogP contribution is -2.21. The van der Waals surface area contributed by atoms with E-state index in [0.717, 1.165) is 11.3 Å². The average Bonchev–Trinajstić information content (AvgIpc) is 2.80. The molecule has 0 saturated heterocycles. The molecule has 7 nitrogen and oxygen atoms in total. The van der Waals surface area contributed by atoms with Gasteiger partial charge in [0.1, 0.15) is 5.75 Å². The van der Waals surface area contributed by atoms with Gasteiger partial charge in [0.25, 0.3) is 11.8 Å². The Hall–Kier alpha value is -3.97. The maximum Gasteiger partial charge on any atom is 0.273 e. The Bertz CT molecular complexity index is 1130. The number of halogens is 1. The van der Waals surface area contributed by atoms with E-state index in [9.17, 15) is 9.59 Å². The van der Waals surface area contributed by atoms with Crippen LogP contribution in [0.25, 0.3) is 6.08 Å². The molecular weight excluding hydrogens is 416 g/mol. The van der Waals surface area contributed by atoms with Gasteiger partial charge in [0, 0.05) is 34.8 Å². The summed E-state index contributed by atoms with van der Waals surface area (Å²) in [6, 6.07) is 15.3. The molecule has 2 amide bonds. The SMILES string of the molecule is COc1ccccc1C=CC=NNC(=O)c1cc(Cl)ccc1NC(=O)c1ccncc1. The van der Waals surface area contributed by atoms with Crippen LogP contribution in [0.15, 0.2) is 78.2 Å². The zero-order valence-electron chi connectivity index (χ0n) is 16.6. The number of nitrogens with zero attached hydrogens (tertiary/aromatic N) is 2. The van der Waals surface area contributed by atoms with E-state index >= 15 is 0 Å². The lowest BCUT2D eigenvalue weighted by atomic mass is 10.1. The molecule has 2 aromatic carbocycles. The molecule has 1 aromatic heterocycles. The van der Waals surface area contributed by atoms with Crippen LogP contribution in [0, 0.1) is 0 Å². The Kier molecular flexibility index (Phi) is 7.50. The minimum absolute atomic E-state index is 0.181. The predicted molar refractivity (Wildman–Crippen MR) is 122 cm³/mol. The highest BCUT2D eigenvalue weighted by Crippen LogP contribution is 2.22. The number of nitrogens with one attached hydrogen (secondary N) is 2. The number of benzene rings is 2. The predicted octanol–water partition coefficient (Wildman–Crippen LogP) is 4.42. The van der Waals surface area contributed by atoms with Crippen molar-refractivity contribution in [3.05, 3.63) is 94.8 Å². The van der Waals surface area contributed by atoms with Crippen LogP contribution < -0.4 is 15.5 Å². The number of methoxy groups -OCH3 is 1. The second-order valence-electron chi connectivity index (χ2n) is 6.20. The van der Waals surface area contributed by atoms with Gasteiger partial charge in [-0.25, -0.2) is 5.43 Å². The fourth-order valence-electron chi connectivity index (χ4n) is 2.66. The highest BCUT2D eigenvalue weighted by atomic mass is 35.5. The van der Waals surface area contributed by atoms with Gasteiger partial charge in [-0.15, -0.1) is 0 Å². The van der Waals surface area contributed by atoms with Crippen molar-refractivity contribution in [2.24, 2.45) is 5.10 Å². The topological polar surface area (TPSA) is 92.7 Å². The summed E-state index contributed by atoms with van der Waals surface area (Å²) in [6.07, 6.45) is 7.93. The molecule has 1 heterocycles. The third-order valence-corrected chi connectivity index (χ3v) is 4.39. The van der Waals surface area contributed by atoms with E-state index in [1.54, 1.807) is 43.5 Å². The van der Waals surface area contributed by atoms with E-state index in [-0.39, 0.29) is 11.5 Å². The molecule has 3 aromatic rings. The van der Waals surface area contributed by atoms with Crippen molar-refractivity contribution in [1.29, 1.82) is 0 Å². The van der Waals surface area contributed by atoms with Gasteiger partial charge in [0.05, 0.1) is 18.4 Å². The summed E-state index contributed by atoms with van der Waals surface area (Å²) in [4.78, 5) is 28.9. The van der Waals surface area contributed by atoms with Gasteiger partial charge in [-0.2, -0.15) is 5.10 Å². The normalized spacial score (nSPS) is 10.9. The van der Waals surface area contributed by atoms with Crippen LogP contribution in [0.2, 0.25) is 5.02 Å². The number of hydrogen-bond donors (Lipinski definition) is 2. The molecule has 0 aliphatic heterocycles. The monoisotopic (exact) mass is 434 g/mol. The van der Waals surface area contributed by atoms with Crippen LogP contribution >= 0.6 is 11.6 Å². The summed E-state index contributed by atoms with van der Waals surface area (Å²) in [5, 5.41) is 6.97. The number of aromatic nitrogens is 1. The number of carbonyl (C=O) groups excluding carboxylic acids is 2. The lowest BCUT2D eigenvalue weighted by Gasteiger charge is -2.10. The van der Waals surface area contributed by atoms with E-state index in [2.05, 4.69) is 20.8 Å². The summed E-state index contributed by atoms with van der Waals surface area (Å²) in [5.41, 5.74) is 4.20. The van der Waals surface area contributed by atoms with Crippen LogP contribution in [-0.2, 0) is 0 Å². The van der Waals surface area contributed by atoms with Crippen molar-refractivity contribution in [1.82, 2.24) is 10.4 Å². The Morgan fingerprint density at radius 3 is 2.61 bits per heavy atom. The van der Waals surface area contributed by atoms with Crippen LogP contribution in [0.4, 0.5) is 5.69 Å². The van der Waals surface area contributed by atoms with Gasteiger partial charge in [-0.05, 0) is 48.6 Å². The van der Waals surface area contributed by atoms with E-state index in [0.29, 0.717) is 16.3 Å². The molecule has 8 heteroatoms. The van der Waals surface area contributed by atoms with Gasteiger partial charge in [0.2, 0.25) is 0 Å². The summed E-state index contributed by atoms with van der Waals surface area (Å²) in [5.74, 6) is -0.166. The van der Waals surface area contributed by atoms with Crippen LogP contribution in [0.3, 0.4) is 0 Å². The van der Waals surface area contributed by atoms with Gasteiger partial charge in [0.15, 0.2) is 0 Å². The van der Waals surface area contributed by atoms with Crippen LogP contribution in [0.1, 0.15) is 26.3 Å². The highest BCUT2D eigenvalue weighted by Gasteiger charge is 2.15. The number of anilines is 1. The summed E-state index contributed by atoms with van der Waals surface area (Å²) in [6.45, 7) is 0. The first-order valence-corrected chi connectivity index (χ1v) is 9.60. The average molecular weight is 435 g/mol. The number of ether oxygens (including phenoxy) is 1. The number of para-hydroxylation sites is 1. The highest BCUT2D eigenvalue weighted by molar-refractivity contribution is 6.31. The van der Waals surface area contributed by atoms with Gasteiger partial charge in [-0.1, -0.05) is 29.8 Å². The molecule has 0 bridgehead atoms. The molecule has 0 saturated carbocycles. The minimum atomic E-state index is -0.519. The fraction of sp³-hybridized carbons (Fsp3) is 0.0435. The summed E-state index contributed by atoms with van der Waals surface area (Å²) in [7, 11) is 1.59. The van der Waals surface area contributed by atoms with Crippen LogP contribution in [-0.4, -0.2) is 30.1 Å². The van der Waals surface area contributed by atoms with Crippen molar-refractivity contribution >= 4 is 41.4 Å².